The van der Waals surface area contributed by atoms with Gasteiger partial charge in [0, 0.05) is 12.3 Å². The largest absolute Gasteiger partial charge is 0.488 e. The Labute approximate surface area is 261 Å². The Hall–Kier alpha value is -4.13. The predicted octanol–water partition coefficient (Wildman–Crippen LogP) is 4.66. The van der Waals surface area contributed by atoms with Crippen molar-refractivity contribution in [3.63, 3.8) is 0 Å². The number of hydrogen-bond donors (Lipinski definition) is 3. The first-order valence-corrected chi connectivity index (χ1v) is 16.1. The number of aromatic nitrogens is 4. The van der Waals surface area contributed by atoms with Crippen molar-refractivity contribution in [1.82, 2.24) is 25.0 Å². The molecule has 13 nitrogen and oxygen atoms in total. The average Bonchev–Trinajstić information content (AvgIpc) is 3.64. The van der Waals surface area contributed by atoms with E-state index in [-0.39, 0.29) is 37.2 Å². The SMILES string of the molecule is CC(C)(C)Oc1ccc(C[C@H](NOCc2ccccc2)C(=O)OP(N)(=O)OC[C@H]2C=C[C@@H](n3cnc4c(N)ncnc43)C2)cc1. The molecule has 1 unspecified atom stereocenters. The van der Waals surface area contributed by atoms with Gasteiger partial charge in [0.1, 0.15) is 29.2 Å². The number of rotatable bonds is 13. The molecule has 0 spiro atoms. The van der Waals surface area contributed by atoms with Crippen molar-refractivity contribution >= 4 is 30.7 Å². The Balaban J connectivity index is 1.18. The summed E-state index contributed by atoms with van der Waals surface area (Å²) in [5.74, 6) is -0.0123. The lowest BCUT2D eigenvalue weighted by molar-refractivity contribution is -0.142. The predicted molar refractivity (Wildman–Crippen MR) is 169 cm³/mol. The minimum absolute atomic E-state index is 0.0182. The molecule has 0 fully saturated rings. The minimum atomic E-state index is -4.26. The average molecular weight is 636 g/mol. The molecule has 4 aromatic rings. The van der Waals surface area contributed by atoms with Gasteiger partial charge in [-0.15, -0.1) is 0 Å². The van der Waals surface area contributed by atoms with Crippen molar-refractivity contribution in [1.29, 1.82) is 0 Å². The highest BCUT2D eigenvalue weighted by molar-refractivity contribution is 7.51. The van der Waals surface area contributed by atoms with Crippen LogP contribution in [0.25, 0.3) is 11.2 Å². The zero-order valence-corrected chi connectivity index (χ0v) is 26.3. The number of carbonyl (C=O) groups excluding carboxylic acids is 1. The number of nitrogens with zero attached hydrogens (tertiary/aromatic N) is 4. The van der Waals surface area contributed by atoms with Gasteiger partial charge in [-0.3, -0.25) is 9.36 Å². The molecule has 2 aromatic carbocycles. The highest BCUT2D eigenvalue weighted by atomic mass is 31.2. The molecule has 0 aliphatic heterocycles. The molecule has 45 heavy (non-hydrogen) atoms. The van der Waals surface area contributed by atoms with Crippen LogP contribution in [0.15, 0.2) is 79.4 Å². The topological polar surface area (TPSA) is 179 Å². The third kappa shape index (κ3) is 8.96. The molecule has 5 N–H and O–H groups in total. The fourth-order valence-corrected chi connectivity index (χ4v) is 5.70. The minimum Gasteiger partial charge on any atom is -0.488 e. The molecular weight excluding hydrogens is 597 g/mol. The van der Waals surface area contributed by atoms with Crippen LogP contribution in [0.2, 0.25) is 0 Å². The third-order valence-electron chi connectivity index (χ3n) is 6.96. The van der Waals surface area contributed by atoms with Gasteiger partial charge in [-0.05, 0) is 50.5 Å². The number of carbonyl (C=O) groups is 1. The van der Waals surface area contributed by atoms with Crippen LogP contribution >= 0.6 is 7.75 Å². The molecule has 1 aliphatic carbocycles. The zero-order chi connectivity index (χ0) is 32.0. The summed E-state index contributed by atoms with van der Waals surface area (Å²) >= 11 is 0. The van der Waals surface area contributed by atoms with E-state index in [1.54, 1.807) is 6.33 Å². The Morgan fingerprint density at radius 2 is 1.82 bits per heavy atom. The number of fused-ring (bicyclic) bond motifs is 1. The second kappa shape index (κ2) is 13.9. The first-order valence-electron chi connectivity index (χ1n) is 14.5. The fraction of sp³-hybridized carbons (Fsp3) is 0.355. The number of nitrogens with two attached hydrogens (primary N) is 2. The van der Waals surface area contributed by atoms with E-state index < -0.39 is 19.8 Å². The van der Waals surface area contributed by atoms with Gasteiger partial charge in [0.25, 0.3) is 0 Å². The summed E-state index contributed by atoms with van der Waals surface area (Å²) in [5, 5.41) is 0. The van der Waals surface area contributed by atoms with Crippen LogP contribution in [0.5, 0.6) is 5.75 Å². The Kier molecular flexibility index (Phi) is 9.96. The number of nitrogens with one attached hydrogen (secondary N) is 1. The summed E-state index contributed by atoms with van der Waals surface area (Å²) in [6.07, 6.45) is 7.72. The molecule has 238 valence electrons. The van der Waals surface area contributed by atoms with Gasteiger partial charge in [-0.1, -0.05) is 54.6 Å². The number of nitrogen functional groups attached to an aromatic ring is 1. The maximum absolute atomic E-state index is 13.2. The van der Waals surface area contributed by atoms with Crippen LogP contribution in [0.1, 0.15) is 44.4 Å². The van der Waals surface area contributed by atoms with E-state index in [1.165, 1.54) is 6.33 Å². The number of anilines is 1. The molecule has 0 saturated carbocycles. The molecule has 0 amide bonds. The monoisotopic (exact) mass is 635 g/mol. The van der Waals surface area contributed by atoms with E-state index in [0.717, 1.165) is 11.1 Å². The van der Waals surface area contributed by atoms with Crippen molar-refractivity contribution in [2.75, 3.05) is 12.3 Å². The second-order valence-corrected chi connectivity index (χ2v) is 13.3. The first kappa shape index (κ1) is 32.3. The maximum atomic E-state index is 13.2. The quantitative estimate of drug-likeness (QED) is 0.105. The normalized spacial score (nSPS) is 18.5. The van der Waals surface area contributed by atoms with Gasteiger partial charge in [0.05, 0.1) is 25.6 Å². The van der Waals surface area contributed by atoms with E-state index in [2.05, 4.69) is 20.4 Å². The van der Waals surface area contributed by atoms with Crippen LogP contribution in [0, 0.1) is 5.92 Å². The zero-order valence-electron chi connectivity index (χ0n) is 25.4. The van der Waals surface area contributed by atoms with E-state index in [0.29, 0.717) is 29.2 Å². The number of allylic oxidation sites excluding steroid dienone is 1. The van der Waals surface area contributed by atoms with Crippen LogP contribution in [0.4, 0.5) is 5.82 Å². The molecule has 1 aliphatic rings. The lowest BCUT2D eigenvalue weighted by atomic mass is 10.1. The van der Waals surface area contributed by atoms with Gasteiger partial charge < -0.3 is 19.6 Å². The molecule has 0 bridgehead atoms. The number of hydroxylamine groups is 1. The molecule has 5 rings (SSSR count). The van der Waals surface area contributed by atoms with E-state index >= 15 is 0 Å². The molecule has 14 heteroatoms. The van der Waals surface area contributed by atoms with E-state index in [1.807, 2.05) is 92.1 Å². The molecule has 2 aromatic heterocycles. The van der Waals surface area contributed by atoms with Crippen molar-refractivity contribution in [2.45, 2.75) is 57.9 Å². The summed E-state index contributed by atoms with van der Waals surface area (Å²) in [5.41, 5.74) is 17.0. The van der Waals surface area contributed by atoms with E-state index in [9.17, 15) is 9.36 Å². The first-order chi connectivity index (χ1) is 21.5. The molecule has 2 heterocycles. The van der Waals surface area contributed by atoms with E-state index in [4.69, 9.17) is 29.9 Å². The Morgan fingerprint density at radius 3 is 2.56 bits per heavy atom. The molecule has 4 atom stereocenters. The number of hydrogen-bond acceptors (Lipinski definition) is 11. The summed E-state index contributed by atoms with van der Waals surface area (Å²) < 4.78 is 31.6. The summed E-state index contributed by atoms with van der Waals surface area (Å²) in [6, 6.07) is 15.7. The van der Waals surface area contributed by atoms with Gasteiger partial charge in [0.2, 0.25) is 0 Å². The highest BCUT2D eigenvalue weighted by Gasteiger charge is 2.32. The van der Waals surface area contributed by atoms with Gasteiger partial charge >= 0.3 is 13.7 Å². The standard InChI is InChI=1S/C31H38N7O6P/c1-31(2,3)43-25-13-10-21(11-14-25)16-26(37-41-17-22-7-5-4-6-8-22)30(39)44-45(33,40)42-18-23-9-12-24(15-23)38-20-36-27-28(32)34-19-35-29(27)38/h4-14,19-20,23-24,26,37H,15-18H2,1-3H3,(H2,33,40)(H2,32,34,35)/t23-,24+,26-,45?/m0/s1. The lowest BCUT2D eigenvalue weighted by Crippen LogP contribution is -2.40. The van der Waals surface area contributed by atoms with Crippen molar-refractivity contribution < 1.29 is 28.0 Å². The molecule has 0 saturated heterocycles. The fourth-order valence-electron chi connectivity index (χ4n) is 4.87. The van der Waals surface area contributed by atoms with Crippen molar-refractivity contribution in [3.05, 3.63) is 90.5 Å². The summed E-state index contributed by atoms with van der Waals surface area (Å²) in [7, 11) is -4.26. The molecule has 0 radical (unpaired) electrons. The van der Waals surface area contributed by atoms with Crippen molar-refractivity contribution in [3.8, 4) is 5.75 Å². The third-order valence-corrected chi connectivity index (χ3v) is 7.90. The number of imidazole rings is 1. The van der Waals surface area contributed by atoms with Crippen LogP contribution < -0.4 is 21.5 Å². The smallest absolute Gasteiger partial charge is 0.458 e. The summed E-state index contributed by atoms with van der Waals surface area (Å²) in [6.45, 7) is 6.06. The van der Waals surface area contributed by atoms with Crippen LogP contribution in [-0.2, 0) is 36.3 Å². The molecular formula is C31H38N7O6P. The van der Waals surface area contributed by atoms with Crippen molar-refractivity contribution in [2.24, 2.45) is 11.4 Å². The second-order valence-electron chi connectivity index (χ2n) is 11.8. The summed E-state index contributed by atoms with van der Waals surface area (Å²) in [4.78, 5) is 31.4. The Bertz CT molecular complexity index is 1670. The highest BCUT2D eigenvalue weighted by Crippen LogP contribution is 2.42. The van der Waals surface area contributed by atoms with Gasteiger partial charge in [-0.25, -0.2) is 29.8 Å². The van der Waals surface area contributed by atoms with Crippen LogP contribution in [-0.4, -0.2) is 43.7 Å². The van der Waals surface area contributed by atoms with Crippen LogP contribution in [0.3, 0.4) is 0 Å². The Morgan fingerprint density at radius 1 is 1.07 bits per heavy atom. The van der Waals surface area contributed by atoms with Gasteiger partial charge in [-0.2, -0.15) is 5.48 Å². The maximum Gasteiger partial charge on any atom is 0.458 e. The lowest BCUT2D eigenvalue weighted by Gasteiger charge is -2.22. The van der Waals surface area contributed by atoms with Gasteiger partial charge in [0.15, 0.2) is 11.5 Å². The number of benzene rings is 2. The number of ether oxygens (including phenoxy) is 1.